The van der Waals surface area contributed by atoms with Crippen molar-refractivity contribution in [2.75, 3.05) is 0 Å². The summed E-state index contributed by atoms with van der Waals surface area (Å²) in [7, 11) is 0. The normalized spacial score (nSPS) is 25.4. The summed E-state index contributed by atoms with van der Waals surface area (Å²) in [5.41, 5.74) is 1.10. The molecule has 152 valence electrons. The van der Waals surface area contributed by atoms with Crippen molar-refractivity contribution < 1.29 is 13.2 Å². The van der Waals surface area contributed by atoms with E-state index in [0.717, 1.165) is 24.7 Å². The van der Waals surface area contributed by atoms with Gasteiger partial charge in [-0.25, -0.2) is 13.2 Å². The van der Waals surface area contributed by atoms with Crippen LogP contribution >= 0.6 is 0 Å². The van der Waals surface area contributed by atoms with Gasteiger partial charge in [0.05, 0.1) is 0 Å². The van der Waals surface area contributed by atoms with E-state index >= 15 is 0 Å². The third-order valence-electron chi connectivity index (χ3n) is 7.08. The summed E-state index contributed by atoms with van der Waals surface area (Å²) in [6.45, 7) is 2.27. The number of rotatable bonds is 8. The number of benzene rings is 1. The largest absolute Gasteiger partial charge is 0.204 e. The van der Waals surface area contributed by atoms with Crippen LogP contribution in [-0.4, -0.2) is 0 Å². The van der Waals surface area contributed by atoms with E-state index in [1.807, 2.05) is 0 Å². The lowest BCUT2D eigenvalue weighted by molar-refractivity contribution is 0.233. The van der Waals surface area contributed by atoms with Crippen LogP contribution in [0.4, 0.5) is 13.2 Å². The molecule has 0 aromatic heterocycles. The molecule has 1 aromatic carbocycles. The van der Waals surface area contributed by atoms with Crippen molar-refractivity contribution in [1.82, 2.24) is 0 Å². The van der Waals surface area contributed by atoms with Gasteiger partial charge >= 0.3 is 0 Å². The molecule has 1 unspecified atom stereocenters. The fourth-order valence-electron chi connectivity index (χ4n) is 5.28. The lowest BCUT2D eigenvalue weighted by Crippen LogP contribution is -2.20. The molecule has 0 saturated heterocycles. The summed E-state index contributed by atoms with van der Waals surface area (Å²) >= 11 is 0. The van der Waals surface area contributed by atoms with Crippen LogP contribution in [0.1, 0.15) is 95.1 Å². The fourth-order valence-corrected chi connectivity index (χ4v) is 5.28. The minimum atomic E-state index is -1.31. The van der Waals surface area contributed by atoms with Crippen molar-refractivity contribution in [3.63, 3.8) is 0 Å². The number of hydrogen-bond donors (Lipinski definition) is 0. The van der Waals surface area contributed by atoms with Gasteiger partial charge in [-0.2, -0.15) is 0 Å². The molecule has 0 aliphatic heterocycles. The molecule has 0 bridgehead atoms. The van der Waals surface area contributed by atoms with E-state index in [1.54, 1.807) is 0 Å². The van der Waals surface area contributed by atoms with Gasteiger partial charge in [0.1, 0.15) is 0 Å². The van der Waals surface area contributed by atoms with Gasteiger partial charge in [0.15, 0.2) is 17.5 Å². The summed E-state index contributed by atoms with van der Waals surface area (Å²) in [5, 5.41) is 0. The van der Waals surface area contributed by atoms with Gasteiger partial charge in [-0.15, -0.1) is 0 Å². The smallest absolute Gasteiger partial charge is 0.194 e. The Morgan fingerprint density at radius 3 is 2.15 bits per heavy atom. The van der Waals surface area contributed by atoms with Crippen LogP contribution in [0.3, 0.4) is 0 Å². The second-order valence-corrected chi connectivity index (χ2v) is 9.05. The van der Waals surface area contributed by atoms with E-state index in [1.165, 1.54) is 70.3 Å². The SMILES string of the molecule is CCCCCCC1CCC(CCC2CCc3c(cc(F)c(F)c3F)C2)CC1. The number of fused-ring (bicyclic) bond motifs is 1. The molecule has 2 aliphatic rings. The third-order valence-corrected chi connectivity index (χ3v) is 7.08. The summed E-state index contributed by atoms with van der Waals surface area (Å²) < 4.78 is 40.8. The van der Waals surface area contributed by atoms with Crippen molar-refractivity contribution in [3.8, 4) is 0 Å². The summed E-state index contributed by atoms with van der Waals surface area (Å²) in [4.78, 5) is 0. The Morgan fingerprint density at radius 2 is 1.44 bits per heavy atom. The van der Waals surface area contributed by atoms with Crippen LogP contribution in [0.2, 0.25) is 0 Å². The van der Waals surface area contributed by atoms with Crippen LogP contribution in [0.5, 0.6) is 0 Å². The first-order chi connectivity index (χ1) is 13.1. The Morgan fingerprint density at radius 1 is 0.778 bits per heavy atom. The van der Waals surface area contributed by atoms with Gasteiger partial charge in [-0.05, 0) is 60.6 Å². The van der Waals surface area contributed by atoms with Crippen molar-refractivity contribution in [2.45, 2.75) is 96.8 Å². The zero-order valence-electron chi connectivity index (χ0n) is 16.8. The van der Waals surface area contributed by atoms with E-state index in [-0.39, 0.29) is 0 Å². The predicted octanol–water partition coefficient (Wildman–Crippen LogP) is 7.77. The molecule has 3 rings (SSSR count). The van der Waals surface area contributed by atoms with E-state index in [0.29, 0.717) is 29.9 Å². The Labute approximate surface area is 162 Å². The van der Waals surface area contributed by atoms with Crippen molar-refractivity contribution in [1.29, 1.82) is 0 Å². The molecule has 0 heterocycles. The van der Waals surface area contributed by atoms with Crippen LogP contribution in [0, 0.1) is 35.2 Å². The first-order valence-electron chi connectivity index (χ1n) is 11.2. The van der Waals surface area contributed by atoms with Crippen molar-refractivity contribution in [2.24, 2.45) is 17.8 Å². The van der Waals surface area contributed by atoms with E-state index in [9.17, 15) is 13.2 Å². The van der Waals surface area contributed by atoms with Crippen molar-refractivity contribution in [3.05, 3.63) is 34.6 Å². The maximum Gasteiger partial charge on any atom is 0.194 e. The highest BCUT2D eigenvalue weighted by atomic mass is 19.2. The van der Waals surface area contributed by atoms with Gasteiger partial charge in [-0.3, -0.25) is 0 Å². The quantitative estimate of drug-likeness (QED) is 0.319. The number of unbranched alkanes of at least 4 members (excludes halogenated alkanes) is 3. The van der Waals surface area contributed by atoms with E-state index in [4.69, 9.17) is 0 Å². The van der Waals surface area contributed by atoms with E-state index < -0.39 is 17.5 Å². The lowest BCUT2D eigenvalue weighted by atomic mass is 9.75. The highest BCUT2D eigenvalue weighted by molar-refractivity contribution is 5.33. The van der Waals surface area contributed by atoms with Gasteiger partial charge in [0.2, 0.25) is 0 Å². The molecule has 0 nitrogen and oxygen atoms in total. The number of hydrogen-bond acceptors (Lipinski definition) is 0. The van der Waals surface area contributed by atoms with Crippen molar-refractivity contribution >= 4 is 0 Å². The molecular formula is C24H35F3. The second kappa shape index (κ2) is 9.98. The lowest BCUT2D eigenvalue weighted by Gasteiger charge is -2.31. The molecule has 3 heteroatoms. The van der Waals surface area contributed by atoms with Crippen LogP contribution in [0.25, 0.3) is 0 Å². The van der Waals surface area contributed by atoms with Crippen LogP contribution in [0.15, 0.2) is 6.07 Å². The molecule has 1 fully saturated rings. The maximum atomic E-state index is 13.9. The van der Waals surface area contributed by atoms with Crippen LogP contribution in [-0.2, 0) is 12.8 Å². The molecule has 2 aliphatic carbocycles. The zero-order chi connectivity index (χ0) is 19.2. The molecule has 0 radical (unpaired) electrons. The first-order valence-corrected chi connectivity index (χ1v) is 11.2. The minimum Gasteiger partial charge on any atom is -0.204 e. The average Bonchev–Trinajstić information content (AvgIpc) is 2.68. The molecule has 1 aromatic rings. The predicted molar refractivity (Wildman–Crippen MR) is 105 cm³/mol. The van der Waals surface area contributed by atoms with Gasteiger partial charge < -0.3 is 0 Å². The maximum absolute atomic E-state index is 13.9. The van der Waals surface area contributed by atoms with Gasteiger partial charge in [-0.1, -0.05) is 71.1 Å². The summed E-state index contributed by atoms with van der Waals surface area (Å²) in [6, 6.07) is 1.23. The van der Waals surface area contributed by atoms with E-state index in [2.05, 4.69) is 6.92 Å². The molecule has 1 saturated carbocycles. The molecule has 0 spiro atoms. The minimum absolute atomic E-state index is 0.411. The fraction of sp³-hybridized carbons (Fsp3) is 0.750. The standard InChI is InChI=1S/C24H35F3/c1-2-3-4-5-6-17-7-9-18(10-8-17)11-12-19-13-14-21-20(15-19)16-22(25)24(27)23(21)26/h16-19H,2-15H2,1H3. The summed E-state index contributed by atoms with van der Waals surface area (Å²) in [5.74, 6) is -1.03. The topological polar surface area (TPSA) is 0 Å². The number of halogens is 3. The average molecular weight is 381 g/mol. The molecule has 1 atom stereocenters. The molecular weight excluding hydrogens is 345 g/mol. The van der Waals surface area contributed by atoms with Gasteiger partial charge in [0, 0.05) is 0 Å². The highest BCUT2D eigenvalue weighted by Crippen LogP contribution is 2.37. The molecule has 0 N–H and O–H groups in total. The Hall–Kier alpha value is -0.990. The second-order valence-electron chi connectivity index (χ2n) is 9.05. The zero-order valence-corrected chi connectivity index (χ0v) is 16.8. The Kier molecular flexibility index (Phi) is 7.66. The third kappa shape index (κ3) is 5.51. The van der Waals surface area contributed by atoms with Crippen LogP contribution < -0.4 is 0 Å². The highest BCUT2D eigenvalue weighted by Gasteiger charge is 2.27. The Bertz CT molecular complexity index is 602. The Balaban J connectivity index is 1.39. The monoisotopic (exact) mass is 380 g/mol. The molecule has 0 amide bonds. The first kappa shape index (κ1) is 20.7. The molecule has 27 heavy (non-hydrogen) atoms. The summed E-state index contributed by atoms with van der Waals surface area (Å²) in [6.07, 6.45) is 16.9. The van der Waals surface area contributed by atoms with Gasteiger partial charge in [0.25, 0.3) is 0 Å².